The number of carboxylic acid groups (broad SMARTS) is 1. The maximum atomic E-state index is 12.9. The molecule has 0 bridgehead atoms. The lowest BCUT2D eigenvalue weighted by atomic mass is 9.97. The van der Waals surface area contributed by atoms with Crippen LogP contribution in [0.1, 0.15) is 23.3 Å². The second-order valence-corrected chi connectivity index (χ2v) is 7.18. The van der Waals surface area contributed by atoms with E-state index in [-0.39, 0.29) is 17.5 Å². The van der Waals surface area contributed by atoms with Crippen molar-refractivity contribution in [3.05, 3.63) is 42.4 Å². The summed E-state index contributed by atoms with van der Waals surface area (Å²) in [6.45, 7) is 0.817. The van der Waals surface area contributed by atoms with Gasteiger partial charge in [-0.1, -0.05) is 12.1 Å². The number of hydrogen-bond acceptors (Lipinski definition) is 6. The van der Waals surface area contributed by atoms with Crippen LogP contribution in [0.5, 0.6) is 0 Å². The lowest BCUT2D eigenvalue weighted by Crippen LogP contribution is -2.40. The van der Waals surface area contributed by atoms with Crippen LogP contribution in [0.2, 0.25) is 0 Å². The number of carbonyl (C=O) groups is 2. The number of hydrogen-bond donors (Lipinski definition) is 1. The molecule has 0 spiro atoms. The number of rotatable bonds is 3. The van der Waals surface area contributed by atoms with Crippen LogP contribution in [-0.4, -0.2) is 49.9 Å². The van der Waals surface area contributed by atoms with E-state index in [0.717, 1.165) is 10.2 Å². The lowest BCUT2D eigenvalue weighted by molar-refractivity contribution is -0.143. The molecule has 0 aliphatic carbocycles. The molecule has 1 aromatic carbocycles. The van der Waals surface area contributed by atoms with Crippen LogP contribution in [0.3, 0.4) is 0 Å². The van der Waals surface area contributed by atoms with Crippen LogP contribution >= 0.6 is 11.3 Å². The highest BCUT2D eigenvalue weighted by molar-refractivity contribution is 7.21. The van der Waals surface area contributed by atoms with Gasteiger partial charge < -0.3 is 10.0 Å². The highest BCUT2D eigenvalue weighted by Crippen LogP contribution is 2.31. The molecule has 0 radical (unpaired) electrons. The largest absolute Gasteiger partial charge is 0.481 e. The summed E-state index contributed by atoms with van der Waals surface area (Å²) in [6, 6.07) is 7.76. The first kappa shape index (κ1) is 16.6. The minimum absolute atomic E-state index is 0.226. The Morgan fingerprint density at radius 1 is 1.12 bits per heavy atom. The van der Waals surface area contributed by atoms with Crippen molar-refractivity contribution in [3.63, 3.8) is 0 Å². The Bertz CT molecular complexity index is 946. The van der Waals surface area contributed by atoms with Crippen molar-refractivity contribution in [2.45, 2.75) is 12.8 Å². The quantitative estimate of drug-likeness (QED) is 0.763. The monoisotopic (exact) mass is 368 g/mol. The van der Waals surface area contributed by atoms with Gasteiger partial charge in [-0.15, -0.1) is 11.3 Å². The molecule has 1 fully saturated rings. The first-order valence-electron chi connectivity index (χ1n) is 8.32. The molecule has 4 rings (SSSR count). The van der Waals surface area contributed by atoms with Gasteiger partial charge in [-0.2, -0.15) is 0 Å². The van der Waals surface area contributed by atoms with E-state index < -0.39 is 5.97 Å². The zero-order chi connectivity index (χ0) is 18.1. The number of benzene rings is 1. The van der Waals surface area contributed by atoms with Crippen LogP contribution in [0.25, 0.3) is 20.9 Å². The smallest absolute Gasteiger partial charge is 0.306 e. The van der Waals surface area contributed by atoms with Gasteiger partial charge in [-0.05, 0) is 25.0 Å². The molecule has 1 saturated heterocycles. The highest BCUT2D eigenvalue weighted by Gasteiger charge is 2.30. The van der Waals surface area contributed by atoms with Gasteiger partial charge in [0.15, 0.2) is 5.69 Å². The topological polar surface area (TPSA) is 96.3 Å². The van der Waals surface area contributed by atoms with E-state index in [1.165, 1.54) is 17.5 Å². The molecular formula is C18H16N4O3S. The van der Waals surface area contributed by atoms with Crippen molar-refractivity contribution in [3.8, 4) is 10.7 Å². The van der Waals surface area contributed by atoms with Crippen molar-refractivity contribution >= 4 is 33.4 Å². The Kier molecular flexibility index (Phi) is 4.34. The summed E-state index contributed by atoms with van der Waals surface area (Å²) in [7, 11) is 0. The number of likely N-dealkylation sites (tertiary alicyclic amines) is 1. The number of amides is 1. The molecule has 2 aromatic heterocycles. The summed E-state index contributed by atoms with van der Waals surface area (Å²) >= 11 is 1.47. The number of nitrogens with zero attached hydrogens (tertiary/aromatic N) is 4. The first-order valence-corrected chi connectivity index (χ1v) is 9.14. The van der Waals surface area contributed by atoms with Crippen molar-refractivity contribution < 1.29 is 14.7 Å². The van der Waals surface area contributed by atoms with Gasteiger partial charge in [0.05, 0.1) is 16.1 Å². The van der Waals surface area contributed by atoms with Gasteiger partial charge in [0.25, 0.3) is 5.91 Å². The molecule has 3 heterocycles. The average Bonchev–Trinajstić information content (AvgIpc) is 3.11. The third kappa shape index (κ3) is 3.03. The number of fused-ring (bicyclic) bond motifs is 1. The number of para-hydroxylation sites is 1. The van der Waals surface area contributed by atoms with Crippen LogP contribution < -0.4 is 0 Å². The van der Waals surface area contributed by atoms with Crippen LogP contribution in [-0.2, 0) is 4.79 Å². The fraction of sp³-hybridized carbons (Fsp3) is 0.278. The van der Waals surface area contributed by atoms with Crippen LogP contribution in [0.15, 0.2) is 36.7 Å². The third-order valence-corrected chi connectivity index (χ3v) is 5.57. The molecule has 1 N–H and O–H groups in total. The fourth-order valence-corrected chi connectivity index (χ4v) is 4.07. The summed E-state index contributed by atoms with van der Waals surface area (Å²) in [5.41, 5.74) is 1.60. The highest BCUT2D eigenvalue weighted by atomic mass is 32.1. The number of carbonyl (C=O) groups excluding carboxylic acids is 1. The Balaban J connectivity index is 1.63. The second kappa shape index (κ2) is 6.80. The van der Waals surface area contributed by atoms with Crippen molar-refractivity contribution in [2.75, 3.05) is 13.1 Å². The summed E-state index contributed by atoms with van der Waals surface area (Å²) in [5.74, 6) is -1.41. The number of thiazole rings is 1. The summed E-state index contributed by atoms with van der Waals surface area (Å²) in [5, 5.41) is 9.76. The number of aromatic nitrogens is 3. The molecule has 1 aliphatic heterocycles. The molecule has 26 heavy (non-hydrogen) atoms. The Morgan fingerprint density at radius 2 is 1.85 bits per heavy atom. The number of carboxylic acids is 1. The molecule has 1 amide bonds. The zero-order valence-corrected chi connectivity index (χ0v) is 14.6. The minimum atomic E-state index is -0.799. The van der Waals surface area contributed by atoms with Gasteiger partial charge in [-0.25, -0.2) is 15.0 Å². The Hall–Kier alpha value is -2.87. The predicted octanol–water partition coefficient (Wildman–Crippen LogP) is 2.69. The molecule has 7 nitrogen and oxygen atoms in total. The van der Waals surface area contributed by atoms with Gasteiger partial charge in [-0.3, -0.25) is 9.59 Å². The van der Waals surface area contributed by atoms with E-state index in [9.17, 15) is 9.59 Å². The normalized spacial score (nSPS) is 15.3. The zero-order valence-electron chi connectivity index (χ0n) is 13.8. The van der Waals surface area contributed by atoms with Crippen molar-refractivity contribution in [1.29, 1.82) is 0 Å². The van der Waals surface area contributed by atoms with E-state index in [1.54, 1.807) is 11.1 Å². The maximum absolute atomic E-state index is 12.9. The van der Waals surface area contributed by atoms with Crippen LogP contribution in [0, 0.1) is 5.92 Å². The molecule has 132 valence electrons. The molecule has 3 aromatic rings. The SMILES string of the molecule is O=C(O)C1CCN(C(=O)c2nccnc2-c2nc3ccccc3s2)CC1. The van der Waals surface area contributed by atoms with E-state index in [2.05, 4.69) is 15.0 Å². The minimum Gasteiger partial charge on any atom is -0.481 e. The standard InChI is InChI=1S/C18H16N4O3S/c23-17(22-9-5-11(6-10-22)18(24)25)15-14(19-7-8-20-15)16-21-12-3-1-2-4-13(12)26-16/h1-4,7-8,11H,5-6,9-10H2,(H,24,25). The number of aliphatic carboxylic acids is 1. The van der Waals surface area contributed by atoms with Crippen molar-refractivity contribution in [2.24, 2.45) is 5.92 Å². The maximum Gasteiger partial charge on any atom is 0.306 e. The second-order valence-electron chi connectivity index (χ2n) is 6.15. The Labute approximate surface area is 153 Å². The molecule has 8 heteroatoms. The van der Waals surface area contributed by atoms with Gasteiger partial charge >= 0.3 is 5.97 Å². The first-order chi connectivity index (χ1) is 12.6. The molecule has 1 aliphatic rings. The summed E-state index contributed by atoms with van der Waals surface area (Å²) in [6.07, 6.45) is 3.96. The Morgan fingerprint density at radius 3 is 2.58 bits per heavy atom. The molecule has 0 unspecified atom stereocenters. The van der Waals surface area contributed by atoms with Crippen molar-refractivity contribution in [1.82, 2.24) is 19.9 Å². The summed E-state index contributed by atoms with van der Waals surface area (Å²) < 4.78 is 1.02. The van der Waals surface area contributed by atoms with Gasteiger partial charge in [0, 0.05) is 25.5 Å². The van der Waals surface area contributed by atoms with E-state index in [0.29, 0.717) is 36.6 Å². The van der Waals surface area contributed by atoms with E-state index in [1.807, 2.05) is 24.3 Å². The van der Waals surface area contributed by atoms with E-state index in [4.69, 9.17) is 5.11 Å². The summed E-state index contributed by atoms with van der Waals surface area (Å²) in [4.78, 5) is 38.9. The average molecular weight is 368 g/mol. The lowest BCUT2D eigenvalue weighted by Gasteiger charge is -2.30. The van der Waals surface area contributed by atoms with Gasteiger partial charge in [0.2, 0.25) is 0 Å². The third-order valence-electron chi connectivity index (χ3n) is 4.53. The number of piperidine rings is 1. The molecule has 0 atom stereocenters. The van der Waals surface area contributed by atoms with Crippen LogP contribution in [0.4, 0.5) is 0 Å². The predicted molar refractivity (Wildman–Crippen MR) is 96.9 cm³/mol. The molecular weight excluding hydrogens is 352 g/mol. The molecule has 0 saturated carbocycles. The van der Waals surface area contributed by atoms with Gasteiger partial charge in [0.1, 0.15) is 10.7 Å². The fourth-order valence-electron chi connectivity index (χ4n) is 3.10. The van der Waals surface area contributed by atoms with E-state index >= 15 is 0 Å².